The second-order valence-electron chi connectivity index (χ2n) is 4.48. The molecule has 0 aliphatic carbocycles. The van der Waals surface area contributed by atoms with E-state index < -0.39 is 5.82 Å². The van der Waals surface area contributed by atoms with Gasteiger partial charge >= 0.3 is 0 Å². The van der Waals surface area contributed by atoms with Crippen LogP contribution in [0.25, 0.3) is 0 Å². The lowest BCUT2D eigenvalue weighted by molar-refractivity contribution is 0.234. The van der Waals surface area contributed by atoms with Crippen molar-refractivity contribution in [1.29, 1.82) is 0 Å². The van der Waals surface area contributed by atoms with Crippen LogP contribution >= 0.6 is 11.6 Å². The van der Waals surface area contributed by atoms with Crippen LogP contribution in [0.15, 0.2) is 30.3 Å². The molecule has 0 saturated heterocycles. The molecule has 1 heterocycles. The first-order chi connectivity index (χ1) is 9.47. The fourth-order valence-electron chi connectivity index (χ4n) is 1.58. The Hall–Kier alpha value is -2.01. The maximum Gasteiger partial charge on any atom is 0.239 e. The molecular formula is C14H15ClFN3O. The summed E-state index contributed by atoms with van der Waals surface area (Å²) >= 11 is 5.95. The molecule has 0 bridgehead atoms. The monoisotopic (exact) mass is 295 g/mol. The molecule has 0 radical (unpaired) electrons. The number of halogens is 2. The Morgan fingerprint density at radius 3 is 2.70 bits per heavy atom. The first-order valence-corrected chi connectivity index (χ1v) is 6.49. The van der Waals surface area contributed by atoms with Crippen LogP contribution in [0.4, 0.5) is 21.6 Å². The van der Waals surface area contributed by atoms with E-state index in [4.69, 9.17) is 22.1 Å². The molecule has 0 fully saturated rings. The highest BCUT2D eigenvalue weighted by atomic mass is 35.5. The molecule has 1 aromatic heterocycles. The summed E-state index contributed by atoms with van der Waals surface area (Å²) in [4.78, 5) is 4.21. The topological polar surface area (TPSA) is 60.2 Å². The van der Waals surface area contributed by atoms with Gasteiger partial charge in [0, 0.05) is 0 Å². The SMILES string of the molecule is CC(C)Oc1nc(Nc2c(F)cccc2Cl)ccc1N. The molecule has 106 valence electrons. The number of nitrogens with one attached hydrogen (secondary N) is 1. The Labute approximate surface area is 121 Å². The minimum Gasteiger partial charge on any atom is -0.473 e. The molecule has 0 aliphatic rings. The summed E-state index contributed by atoms with van der Waals surface area (Å²) in [6.45, 7) is 3.74. The van der Waals surface area contributed by atoms with Crippen molar-refractivity contribution in [1.82, 2.24) is 4.98 Å². The lowest BCUT2D eigenvalue weighted by atomic mass is 10.3. The van der Waals surface area contributed by atoms with Crippen molar-refractivity contribution in [2.75, 3.05) is 11.1 Å². The van der Waals surface area contributed by atoms with E-state index in [-0.39, 0.29) is 16.8 Å². The molecule has 6 heteroatoms. The highest BCUT2D eigenvalue weighted by Gasteiger charge is 2.10. The van der Waals surface area contributed by atoms with Gasteiger partial charge in [-0.1, -0.05) is 17.7 Å². The largest absolute Gasteiger partial charge is 0.473 e. The number of para-hydroxylation sites is 1. The maximum absolute atomic E-state index is 13.7. The summed E-state index contributed by atoms with van der Waals surface area (Å²) in [6, 6.07) is 7.71. The number of hydrogen-bond donors (Lipinski definition) is 2. The zero-order valence-electron chi connectivity index (χ0n) is 11.2. The number of anilines is 3. The van der Waals surface area contributed by atoms with E-state index >= 15 is 0 Å². The Kier molecular flexibility index (Phi) is 4.29. The number of hydrogen-bond acceptors (Lipinski definition) is 4. The summed E-state index contributed by atoms with van der Waals surface area (Å²) in [5, 5.41) is 3.10. The molecule has 2 rings (SSSR count). The Morgan fingerprint density at radius 1 is 1.30 bits per heavy atom. The van der Waals surface area contributed by atoms with E-state index in [2.05, 4.69) is 10.3 Å². The number of nitrogen functional groups attached to an aromatic ring is 1. The second kappa shape index (κ2) is 5.96. The lowest BCUT2D eigenvalue weighted by Crippen LogP contribution is -2.09. The Balaban J connectivity index is 2.30. The lowest BCUT2D eigenvalue weighted by Gasteiger charge is -2.13. The highest BCUT2D eigenvalue weighted by molar-refractivity contribution is 6.33. The average Bonchev–Trinajstić information content (AvgIpc) is 2.37. The third kappa shape index (κ3) is 3.30. The standard InChI is InChI=1S/C14H15ClFN3O/c1-8(2)20-14-11(17)6-7-12(19-14)18-13-9(15)4-3-5-10(13)16/h3-8H,17H2,1-2H3,(H,18,19). The molecule has 4 nitrogen and oxygen atoms in total. The van der Waals surface area contributed by atoms with Crippen molar-refractivity contribution in [2.45, 2.75) is 20.0 Å². The fraction of sp³-hybridized carbons (Fsp3) is 0.214. The summed E-state index contributed by atoms with van der Waals surface area (Å²) in [7, 11) is 0. The number of nitrogens with two attached hydrogens (primary N) is 1. The van der Waals surface area contributed by atoms with Gasteiger partial charge in [0.05, 0.1) is 22.5 Å². The number of rotatable bonds is 4. The van der Waals surface area contributed by atoms with Crippen molar-refractivity contribution < 1.29 is 9.13 Å². The third-order valence-electron chi connectivity index (χ3n) is 2.45. The van der Waals surface area contributed by atoms with Gasteiger partial charge in [0.15, 0.2) is 0 Å². The minimum atomic E-state index is -0.456. The smallest absolute Gasteiger partial charge is 0.239 e. The van der Waals surface area contributed by atoms with Gasteiger partial charge in [0.25, 0.3) is 0 Å². The van der Waals surface area contributed by atoms with E-state index in [1.165, 1.54) is 12.1 Å². The van der Waals surface area contributed by atoms with Crippen LogP contribution < -0.4 is 15.8 Å². The highest BCUT2D eigenvalue weighted by Crippen LogP contribution is 2.29. The summed E-state index contributed by atoms with van der Waals surface area (Å²) in [5.41, 5.74) is 6.36. The van der Waals surface area contributed by atoms with Gasteiger partial charge in [0.2, 0.25) is 5.88 Å². The molecule has 1 aromatic carbocycles. The number of benzene rings is 1. The van der Waals surface area contributed by atoms with Gasteiger partial charge in [-0.25, -0.2) is 4.39 Å². The average molecular weight is 296 g/mol. The van der Waals surface area contributed by atoms with Gasteiger partial charge in [-0.15, -0.1) is 0 Å². The molecule has 2 aromatic rings. The zero-order chi connectivity index (χ0) is 14.7. The van der Waals surface area contributed by atoms with E-state index in [1.54, 1.807) is 18.2 Å². The summed E-state index contributed by atoms with van der Waals surface area (Å²) in [5.74, 6) is 0.252. The van der Waals surface area contributed by atoms with Crippen molar-refractivity contribution >= 4 is 28.8 Å². The summed E-state index contributed by atoms with van der Waals surface area (Å²) in [6.07, 6.45) is -0.0582. The van der Waals surface area contributed by atoms with Gasteiger partial charge in [-0.05, 0) is 38.1 Å². The van der Waals surface area contributed by atoms with Gasteiger partial charge in [-0.2, -0.15) is 4.98 Å². The van der Waals surface area contributed by atoms with E-state index in [0.717, 1.165) is 0 Å². The molecule has 0 aliphatic heterocycles. The maximum atomic E-state index is 13.7. The van der Waals surface area contributed by atoms with Crippen LogP contribution in [-0.4, -0.2) is 11.1 Å². The Bertz CT molecular complexity index is 599. The number of aromatic nitrogens is 1. The first-order valence-electron chi connectivity index (χ1n) is 6.11. The van der Waals surface area contributed by atoms with Crippen LogP contribution in [0, 0.1) is 5.82 Å². The van der Waals surface area contributed by atoms with E-state index in [0.29, 0.717) is 17.4 Å². The summed E-state index contributed by atoms with van der Waals surface area (Å²) < 4.78 is 19.2. The van der Waals surface area contributed by atoms with Gasteiger partial charge < -0.3 is 15.8 Å². The van der Waals surface area contributed by atoms with Crippen LogP contribution in [0.3, 0.4) is 0 Å². The normalized spacial score (nSPS) is 10.7. The van der Waals surface area contributed by atoms with Crippen molar-refractivity contribution in [2.24, 2.45) is 0 Å². The first kappa shape index (κ1) is 14.4. The molecule has 0 atom stereocenters. The quantitative estimate of drug-likeness (QED) is 0.895. The Morgan fingerprint density at radius 2 is 2.05 bits per heavy atom. The van der Waals surface area contributed by atoms with Crippen LogP contribution in [0.5, 0.6) is 5.88 Å². The van der Waals surface area contributed by atoms with Gasteiger partial charge in [-0.3, -0.25) is 0 Å². The molecule has 3 N–H and O–H groups in total. The van der Waals surface area contributed by atoms with Crippen molar-refractivity contribution in [3.8, 4) is 5.88 Å². The fourth-order valence-corrected chi connectivity index (χ4v) is 1.79. The molecule has 0 saturated carbocycles. The number of nitrogens with zero attached hydrogens (tertiary/aromatic N) is 1. The number of ether oxygens (including phenoxy) is 1. The van der Waals surface area contributed by atoms with Crippen LogP contribution in [0.2, 0.25) is 5.02 Å². The second-order valence-corrected chi connectivity index (χ2v) is 4.89. The van der Waals surface area contributed by atoms with E-state index in [1.807, 2.05) is 13.8 Å². The molecule has 0 unspecified atom stereocenters. The van der Waals surface area contributed by atoms with Crippen molar-refractivity contribution in [3.05, 3.63) is 41.2 Å². The van der Waals surface area contributed by atoms with Crippen LogP contribution in [0.1, 0.15) is 13.8 Å². The predicted octanol–water partition coefficient (Wildman–Crippen LogP) is 3.99. The minimum absolute atomic E-state index is 0.0582. The molecule has 20 heavy (non-hydrogen) atoms. The predicted molar refractivity (Wildman–Crippen MR) is 79.1 cm³/mol. The zero-order valence-corrected chi connectivity index (χ0v) is 11.9. The molecular weight excluding hydrogens is 281 g/mol. The molecule has 0 amide bonds. The van der Waals surface area contributed by atoms with Crippen molar-refractivity contribution in [3.63, 3.8) is 0 Å². The van der Waals surface area contributed by atoms with Gasteiger partial charge in [0.1, 0.15) is 11.6 Å². The third-order valence-corrected chi connectivity index (χ3v) is 2.77. The number of pyridine rings is 1. The van der Waals surface area contributed by atoms with E-state index in [9.17, 15) is 4.39 Å². The molecule has 0 spiro atoms. The van der Waals surface area contributed by atoms with Crippen LogP contribution in [-0.2, 0) is 0 Å².